The van der Waals surface area contributed by atoms with Crippen molar-refractivity contribution in [3.05, 3.63) is 34.4 Å². The number of hydrogen-bond acceptors (Lipinski definition) is 5. The van der Waals surface area contributed by atoms with Crippen LogP contribution in [-0.2, 0) is 0 Å². The highest BCUT2D eigenvalue weighted by Gasteiger charge is 2.26. The van der Waals surface area contributed by atoms with Gasteiger partial charge < -0.3 is 9.80 Å². The Balaban J connectivity index is 0.00000111. The van der Waals surface area contributed by atoms with Gasteiger partial charge in [0.1, 0.15) is 0 Å². The molecule has 0 atom stereocenters. The number of hydrogen-bond donors (Lipinski definition) is 0. The number of anilines is 1. The first kappa shape index (κ1) is 26.3. The minimum atomic E-state index is -0.344. The molecule has 0 amide bonds. The molecule has 1 aromatic rings. The minimum Gasteiger partial charge on any atom is -0.371 e. The van der Waals surface area contributed by atoms with Crippen molar-refractivity contribution in [1.82, 2.24) is 9.80 Å². The first-order valence-corrected chi connectivity index (χ1v) is 11.1. The summed E-state index contributed by atoms with van der Waals surface area (Å²) in [5.41, 5.74) is 1.26. The van der Waals surface area contributed by atoms with E-state index in [9.17, 15) is 10.1 Å². The average Bonchev–Trinajstić information content (AvgIpc) is 2.79. The van der Waals surface area contributed by atoms with E-state index in [1.54, 1.807) is 12.1 Å². The second kappa shape index (κ2) is 15.3. The maximum absolute atomic E-state index is 10.7. The van der Waals surface area contributed by atoms with Crippen LogP contribution in [0.4, 0.5) is 11.4 Å². The third kappa shape index (κ3) is 8.15. The van der Waals surface area contributed by atoms with Gasteiger partial charge in [-0.1, -0.05) is 41.5 Å². The summed E-state index contributed by atoms with van der Waals surface area (Å²) >= 11 is 0. The maximum Gasteiger partial charge on any atom is 0.269 e. The van der Waals surface area contributed by atoms with E-state index in [4.69, 9.17) is 0 Å². The number of piperazine rings is 1. The molecule has 2 aliphatic rings. The molecule has 3 rings (SSSR count). The molecule has 0 bridgehead atoms. The van der Waals surface area contributed by atoms with Crippen LogP contribution in [0.3, 0.4) is 0 Å². The molecule has 2 heterocycles. The van der Waals surface area contributed by atoms with Gasteiger partial charge in [-0.15, -0.1) is 0 Å². The first-order chi connectivity index (χ1) is 13.6. The summed E-state index contributed by atoms with van der Waals surface area (Å²) in [5.74, 6) is 0. The zero-order valence-electron chi connectivity index (χ0n) is 19.1. The molecule has 162 valence electrons. The highest BCUT2D eigenvalue weighted by atomic mass is 16.6. The molecule has 0 radical (unpaired) electrons. The molecule has 0 saturated carbocycles. The Morgan fingerprint density at radius 2 is 1.29 bits per heavy atom. The van der Waals surface area contributed by atoms with Crippen LogP contribution in [-0.4, -0.2) is 67.1 Å². The number of likely N-dealkylation sites (N-methyl/N-ethyl adjacent to an activating group) is 1. The summed E-state index contributed by atoms with van der Waals surface area (Å²) in [6.45, 7) is 18.8. The number of nitro benzene ring substituents is 1. The second-order valence-corrected chi connectivity index (χ2v) is 6.33. The Kier molecular flexibility index (Phi) is 14.4. The second-order valence-electron chi connectivity index (χ2n) is 6.33. The van der Waals surface area contributed by atoms with Crippen molar-refractivity contribution in [3.8, 4) is 0 Å². The number of rotatable bonds is 3. The number of nitro groups is 1. The molecule has 0 N–H and O–H groups in total. The van der Waals surface area contributed by atoms with E-state index in [1.165, 1.54) is 39.0 Å². The third-order valence-electron chi connectivity index (χ3n) is 4.94. The van der Waals surface area contributed by atoms with Crippen molar-refractivity contribution in [1.29, 1.82) is 0 Å². The molecule has 6 nitrogen and oxygen atoms in total. The molecule has 2 fully saturated rings. The van der Waals surface area contributed by atoms with E-state index in [-0.39, 0.29) is 10.6 Å². The lowest BCUT2D eigenvalue weighted by Gasteiger charge is -2.42. The average molecular weight is 395 g/mol. The standard InChI is InChI=1S/C16H24N4O2.3C2H6/c1-17-10-12-19(13-11-17)15-6-8-18(9-7-15)14-2-4-16(5-3-14)20(21)22;3*1-2/h2-5,15H,6-13H2,1H3;3*1-2H3. The van der Waals surface area contributed by atoms with Gasteiger partial charge in [0.25, 0.3) is 5.69 Å². The number of non-ortho nitro benzene ring substituents is 1. The van der Waals surface area contributed by atoms with Crippen molar-refractivity contribution < 1.29 is 4.92 Å². The fourth-order valence-corrected chi connectivity index (χ4v) is 3.46. The number of piperidine rings is 1. The minimum absolute atomic E-state index is 0.163. The summed E-state index contributed by atoms with van der Waals surface area (Å²) in [7, 11) is 2.19. The lowest BCUT2D eigenvalue weighted by atomic mass is 10.0. The Bertz CT molecular complexity index is 506. The number of benzene rings is 1. The Morgan fingerprint density at radius 1 is 0.821 bits per heavy atom. The van der Waals surface area contributed by atoms with Crippen LogP contribution in [0, 0.1) is 10.1 Å². The molecule has 6 heteroatoms. The Hall–Kier alpha value is -1.66. The van der Waals surface area contributed by atoms with E-state index in [2.05, 4.69) is 21.7 Å². The van der Waals surface area contributed by atoms with Crippen molar-refractivity contribution in [2.45, 2.75) is 60.4 Å². The van der Waals surface area contributed by atoms with Gasteiger partial charge in [0, 0.05) is 63.1 Å². The Labute approximate surface area is 172 Å². The van der Waals surface area contributed by atoms with Crippen molar-refractivity contribution >= 4 is 11.4 Å². The van der Waals surface area contributed by atoms with E-state index in [1.807, 2.05) is 53.7 Å². The van der Waals surface area contributed by atoms with Gasteiger partial charge in [-0.3, -0.25) is 15.0 Å². The SMILES string of the molecule is CC.CC.CC.CN1CCN(C2CCN(c3ccc([N+](=O)[O-])cc3)CC2)CC1. The molecular formula is C22H42N4O2. The molecule has 2 aliphatic heterocycles. The summed E-state index contributed by atoms with van der Waals surface area (Å²) in [6, 6.07) is 7.63. The lowest BCUT2D eigenvalue weighted by Crippen LogP contribution is -2.52. The van der Waals surface area contributed by atoms with Crippen LogP contribution in [0.25, 0.3) is 0 Å². The zero-order chi connectivity index (χ0) is 21.5. The topological polar surface area (TPSA) is 52.9 Å². The van der Waals surface area contributed by atoms with Gasteiger partial charge in [-0.2, -0.15) is 0 Å². The smallest absolute Gasteiger partial charge is 0.269 e. The monoisotopic (exact) mass is 394 g/mol. The molecule has 0 aromatic heterocycles. The van der Waals surface area contributed by atoms with Crippen LogP contribution in [0.5, 0.6) is 0 Å². The van der Waals surface area contributed by atoms with Gasteiger partial charge in [0.15, 0.2) is 0 Å². The molecule has 28 heavy (non-hydrogen) atoms. The molecular weight excluding hydrogens is 352 g/mol. The zero-order valence-corrected chi connectivity index (χ0v) is 19.1. The maximum atomic E-state index is 10.7. The van der Waals surface area contributed by atoms with Crippen LogP contribution in [0.1, 0.15) is 54.4 Å². The Morgan fingerprint density at radius 3 is 1.71 bits per heavy atom. The van der Waals surface area contributed by atoms with Gasteiger partial charge in [0.2, 0.25) is 0 Å². The van der Waals surface area contributed by atoms with E-state index in [0.717, 1.165) is 18.8 Å². The van der Waals surface area contributed by atoms with Gasteiger partial charge >= 0.3 is 0 Å². The van der Waals surface area contributed by atoms with E-state index >= 15 is 0 Å². The van der Waals surface area contributed by atoms with Gasteiger partial charge in [0.05, 0.1) is 4.92 Å². The van der Waals surface area contributed by atoms with E-state index < -0.39 is 0 Å². The molecule has 0 spiro atoms. The van der Waals surface area contributed by atoms with Crippen LogP contribution in [0.15, 0.2) is 24.3 Å². The molecule has 2 saturated heterocycles. The van der Waals surface area contributed by atoms with Crippen molar-refractivity contribution in [2.24, 2.45) is 0 Å². The fraction of sp³-hybridized carbons (Fsp3) is 0.727. The van der Waals surface area contributed by atoms with Crippen molar-refractivity contribution in [2.75, 3.05) is 51.2 Å². The summed E-state index contributed by atoms with van der Waals surface area (Å²) < 4.78 is 0. The highest BCUT2D eigenvalue weighted by molar-refractivity contribution is 5.51. The van der Waals surface area contributed by atoms with Gasteiger partial charge in [-0.25, -0.2) is 0 Å². The predicted molar refractivity (Wildman–Crippen MR) is 121 cm³/mol. The largest absolute Gasteiger partial charge is 0.371 e. The van der Waals surface area contributed by atoms with E-state index in [0.29, 0.717) is 6.04 Å². The first-order valence-electron chi connectivity index (χ1n) is 11.1. The third-order valence-corrected chi connectivity index (χ3v) is 4.94. The van der Waals surface area contributed by atoms with Crippen LogP contribution >= 0.6 is 0 Å². The number of nitrogens with zero attached hydrogens (tertiary/aromatic N) is 4. The fourth-order valence-electron chi connectivity index (χ4n) is 3.46. The van der Waals surface area contributed by atoms with Crippen LogP contribution < -0.4 is 4.90 Å². The summed E-state index contributed by atoms with van der Waals surface area (Å²) in [6.07, 6.45) is 2.36. The molecule has 1 aromatic carbocycles. The van der Waals surface area contributed by atoms with Crippen molar-refractivity contribution in [3.63, 3.8) is 0 Å². The predicted octanol–water partition coefficient (Wildman–Crippen LogP) is 4.89. The molecule has 0 aliphatic carbocycles. The van der Waals surface area contributed by atoms with Crippen LogP contribution in [0.2, 0.25) is 0 Å². The molecule has 0 unspecified atom stereocenters. The quantitative estimate of drug-likeness (QED) is 0.540. The van der Waals surface area contributed by atoms with Gasteiger partial charge in [-0.05, 0) is 32.0 Å². The normalized spacial score (nSPS) is 17.9. The highest BCUT2D eigenvalue weighted by Crippen LogP contribution is 2.25. The lowest BCUT2D eigenvalue weighted by molar-refractivity contribution is -0.384. The summed E-state index contributed by atoms with van der Waals surface area (Å²) in [4.78, 5) is 17.7. The summed E-state index contributed by atoms with van der Waals surface area (Å²) in [5, 5.41) is 10.7.